The molecule has 1 amide bonds. The van der Waals surface area contributed by atoms with Gasteiger partial charge in [-0.15, -0.1) is 0 Å². The van der Waals surface area contributed by atoms with Crippen molar-refractivity contribution in [2.24, 2.45) is 0 Å². The maximum atomic E-state index is 12.4. The topological polar surface area (TPSA) is 59.0 Å². The van der Waals surface area contributed by atoms with Crippen molar-refractivity contribution >= 4 is 17.5 Å². The van der Waals surface area contributed by atoms with Crippen LogP contribution in [0.1, 0.15) is 10.4 Å². The fourth-order valence-electron chi connectivity index (χ4n) is 2.08. The zero-order valence-corrected chi connectivity index (χ0v) is 11.6. The number of carbonyl (C=O) groups is 1. The van der Waals surface area contributed by atoms with Gasteiger partial charge in [0.05, 0.1) is 38.0 Å². The molecule has 0 aliphatic carbocycles. The number of nitrogens with zero attached hydrogens (tertiary/aromatic N) is 1. The molecule has 1 saturated heterocycles. The summed E-state index contributed by atoms with van der Waals surface area (Å²) >= 11 is 5.87. The molecule has 6 heteroatoms. The molecular weight excluding hydrogens is 270 g/mol. The average Bonchev–Trinajstić information content (AvgIpc) is 2.83. The average molecular weight is 286 g/mol. The van der Waals surface area contributed by atoms with Crippen molar-refractivity contribution in [3.8, 4) is 5.75 Å². The molecule has 2 rings (SSSR count). The number of halogens is 1. The van der Waals surface area contributed by atoms with E-state index in [1.54, 1.807) is 25.2 Å². The zero-order chi connectivity index (χ0) is 14.0. The predicted molar refractivity (Wildman–Crippen MR) is 70.7 cm³/mol. The van der Waals surface area contributed by atoms with Gasteiger partial charge >= 0.3 is 0 Å². The summed E-state index contributed by atoms with van der Waals surface area (Å²) in [5.41, 5.74) is 0.411. The Morgan fingerprint density at radius 3 is 2.84 bits per heavy atom. The minimum Gasteiger partial charge on any atom is -0.496 e. The van der Waals surface area contributed by atoms with Crippen LogP contribution < -0.4 is 4.74 Å². The number of aliphatic hydroxyl groups is 1. The second-order valence-electron chi connectivity index (χ2n) is 4.43. The van der Waals surface area contributed by atoms with Crippen LogP contribution in [0.15, 0.2) is 18.2 Å². The van der Waals surface area contributed by atoms with Gasteiger partial charge in [-0.2, -0.15) is 0 Å². The van der Waals surface area contributed by atoms with E-state index in [-0.39, 0.29) is 18.6 Å². The molecule has 1 aromatic rings. The summed E-state index contributed by atoms with van der Waals surface area (Å²) in [5, 5.41) is 10.3. The van der Waals surface area contributed by atoms with Gasteiger partial charge in [0.1, 0.15) is 5.75 Å². The molecule has 0 radical (unpaired) electrons. The fourth-order valence-corrected chi connectivity index (χ4v) is 2.25. The number of ether oxygens (including phenoxy) is 2. The van der Waals surface area contributed by atoms with Crippen LogP contribution in [0.3, 0.4) is 0 Å². The van der Waals surface area contributed by atoms with E-state index in [0.29, 0.717) is 22.9 Å². The third-order valence-electron chi connectivity index (χ3n) is 3.23. The molecule has 19 heavy (non-hydrogen) atoms. The Bertz CT molecular complexity index is 480. The van der Waals surface area contributed by atoms with E-state index in [4.69, 9.17) is 21.1 Å². The van der Waals surface area contributed by atoms with Crippen molar-refractivity contribution in [3.63, 3.8) is 0 Å². The number of hydrogen-bond donors (Lipinski definition) is 1. The fraction of sp³-hybridized carbons (Fsp3) is 0.462. The van der Waals surface area contributed by atoms with Crippen molar-refractivity contribution < 1.29 is 19.4 Å². The van der Waals surface area contributed by atoms with E-state index in [9.17, 15) is 9.90 Å². The quantitative estimate of drug-likeness (QED) is 0.906. The molecule has 104 valence electrons. The Morgan fingerprint density at radius 2 is 2.26 bits per heavy atom. The number of amides is 1. The van der Waals surface area contributed by atoms with Crippen molar-refractivity contribution in [1.29, 1.82) is 0 Å². The van der Waals surface area contributed by atoms with Gasteiger partial charge in [-0.05, 0) is 18.2 Å². The van der Waals surface area contributed by atoms with Gasteiger partial charge < -0.3 is 19.5 Å². The van der Waals surface area contributed by atoms with Gasteiger partial charge in [0.25, 0.3) is 5.91 Å². The van der Waals surface area contributed by atoms with Crippen LogP contribution in [0.25, 0.3) is 0 Å². The van der Waals surface area contributed by atoms with Crippen LogP contribution in [-0.4, -0.2) is 55.4 Å². The van der Waals surface area contributed by atoms with E-state index in [2.05, 4.69) is 0 Å². The largest absolute Gasteiger partial charge is 0.496 e. The first kappa shape index (κ1) is 14.1. The SMILES string of the molecule is COc1cc(Cl)ccc1C(=O)N(C)[C@H]1COC[C@@H]1O. The second kappa shape index (κ2) is 5.77. The minimum absolute atomic E-state index is 0.233. The Kier molecular flexibility index (Phi) is 4.29. The van der Waals surface area contributed by atoms with Crippen LogP contribution in [0.5, 0.6) is 5.75 Å². The Balaban J connectivity index is 2.23. The zero-order valence-electron chi connectivity index (χ0n) is 10.8. The second-order valence-corrected chi connectivity index (χ2v) is 4.87. The molecular formula is C13H16ClNO4. The Labute approximate surface area is 116 Å². The van der Waals surface area contributed by atoms with Crippen LogP contribution >= 0.6 is 11.6 Å². The summed E-state index contributed by atoms with van der Waals surface area (Å²) in [4.78, 5) is 13.9. The number of rotatable bonds is 3. The number of benzene rings is 1. The molecule has 5 nitrogen and oxygen atoms in total. The van der Waals surface area contributed by atoms with Crippen LogP contribution in [-0.2, 0) is 4.74 Å². The van der Waals surface area contributed by atoms with Gasteiger partial charge in [-0.3, -0.25) is 4.79 Å². The molecule has 0 unspecified atom stereocenters. The molecule has 1 fully saturated rings. The molecule has 0 saturated carbocycles. The summed E-state index contributed by atoms with van der Waals surface area (Å²) < 4.78 is 10.3. The molecule has 1 aromatic carbocycles. The molecule has 2 atom stereocenters. The molecule has 1 N–H and O–H groups in total. The monoisotopic (exact) mass is 285 g/mol. The summed E-state index contributed by atoms with van der Waals surface area (Å²) in [5.74, 6) is 0.181. The third kappa shape index (κ3) is 2.83. The normalized spacial score (nSPS) is 22.3. The summed E-state index contributed by atoms with van der Waals surface area (Å²) in [7, 11) is 3.12. The van der Waals surface area contributed by atoms with Crippen molar-refractivity contribution in [2.45, 2.75) is 12.1 Å². The molecule has 1 aliphatic rings. The van der Waals surface area contributed by atoms with E-state index in [1.807, 2.05) is 0 Å². The molecule has 0 spiro atoms. The highest BCUT2D eigenvalue weighted by Crippen LogP contribution is 2.25. The lowest BCUT2D eigenvalue weighted by molar-refractivity contribution is 0.0578. The van der Waals surface area contributed by atoms with Gasteiger partial charge in [-0.1, -0.05) is 11.6 Å². The van der Waals surface area contributed by atoms with E-state index < -0.39 is 6.10 Å². The van der Waals surface area contributed by atoms with E-state index in [1.165, 1.54) is 12.0 Å². The number of hydrogen-bond acceptors (Lipinski definition) is 4. The number of carbonyl (C=O) groups excluding carboxylic acids is 1. The minimum atomic E-state index is -0.660. The van der Waals surface area contributed by atoms with E-state index in [0.717, 1.165) is 0 Å². The summed E-state index contributed by atoms with van der Waals surface area (Å²) in [6.45, 7) is 0.583. The smallest absolute Gasteiger partial charge is 0.257 e. The number of aliphatic hydroxyl groups excluding tert-OH is 1. The van der Waals surface area contributed by atoms with Crippen LogP contribution in [0.2, 0.25) is 5.02 Å². The van der Waals surface area contributed by atoms with Gasteiger partial charge in [-0.25, -0.2) is 0 Å². The van der Waals surface area contributed by atoms with Crippen molar-refractivity contribution in [3.05, 3.63) is 28.8 Å². The lowest BCUT2D eigenvalue weighted by Crippen LogP contribution is -2.44. The Morgan fingerprint density at radius 1 is 1.53 bits per heavy atom. The van der Waals surface area contributed by atoms with Gasteiger partial charge in [0.15, 0.2) is 0 Å². The maximum Gasteiger partial charge on any atom is 0.257 e. The maximum absolute atomic E-state index is 12.4. The van der Waals surface area contributed by atoms with Crippen molar-refractivity contribution in [1.82, 2.24) is 4.90 Å². The highest BCUT2D eigenvalue weighted by atomic mass is 35.5. The van der Waals surface area contributed by atoms with Crippen LogP contribution in [0.4, 0.5) is 0 Å². The molecule has 0 aromatic heterocycles. The number of methoxy groups -OCH3 is 1. The van der Waals surface area contributed by atoms with Gasteiger partial charge in [0.2, 0.25) is 0 Å². The van der Waals surface area contributed by atoms with Gasteiger partial charge in [0, 0.05) is 12.1 Å². The lowest BCUT2D eigenvalue weighted by Gasteiger charge is -2.26. The standard InChI is InChI=1S/C13H16ClNO4/c1-15(10-6-19-7-11(10)16)13(17)9-4-3-8(14)5-12(9)18-2/h3-5,10-11,16H,6-7H2,1-2H3/t10-,11-/m0/s1. The highest BCUT2D eigenvalue weighted by Gasteiger charge is 2.33. The first-order chi connectivity index (χ1) is 9.04. The first-order valence-electron chi connectivity index (χ1n) is 5.91. The number of likely N-dealkylation sites (N-methyl/N-ethyl adjacent to an activating group) is 1. The summed E-state index contributed by atoms with van der Waals surface area (Å²) in [6.07, 6.45) is -0.660. The van der Waals surface area contributed by atoms with E-state index >= 15 is 0 Å². The predicted octanol–water partition coefficient (Wildman–Crippen LogP) is 1.18. The summed E-state index contributed by atoms with van der Waals surface area (Å²) in [6, 6.07) is 4.49. The molecule has 1 aliphatic heterocycles. The Hall–Kier alpha value is -1.30. The highest BCUT2D eigenvalue weighted by molar-refractivity contribution is 6.30. The first-order valence-corrected chi connectivity index (χ1v) is 6.29. The lowest BCUT2D eigenvalue weighted by atomic mass is 10.1. The third-order valence-corrected chi connectivity index (χ3v) is 3.47. The van der Waals surface area contributed by atoms with Crippen LogP contribution in [0, 0.1) is 0 Å². The molecule has 0 bridgehead atoms. The molecule has 1 heterocycles. The van der Waals surface area contributed by atoms with Crippen molar-refractivity contribution in [2.75, 3.05) is 27.4 Å².